The predicted molar refractivity (Wildman–Crippen MR) is 75.2 cm³/mol. The van der Waals surface area contributed by atoms with Crippen molar-refractivity contribution in [1.29, 1.82) is 0 Å². The number of sulfone groups is 1. The molecule has 2 heterocycles. The van der Waals surface area contributed by atoms with Crippen molar-refractivity contribution in [3.8, 4) is 0 Å². The minimum Gasteiger partial charge on any atom is -0.314 e. The predicted octanol–water partition coefficient (Wildman–Crippen LogP) is 0.464. The van der Waals surface area contributed by atoms with Crippen molar-refractivity contribution < 1.29 is 8.42 Å². The largest absolute Gasteiger partial charge is 0.314 e. The van der Waals surface area contributed by atoms with E-state index in [-0.39, 0.29) is 5.75 Å². The third kappa shape index (κ3) is 2.83. The smallest absolute Gasteiger partial charge is 0.178 e. The highest BCUT2D eigenvalue weighted by molar-refractivity contribution is 7.91. The first-order valence-electron chi connectivity index (χ1n) is 6.93. The van der Waals surface area contributed by atoms with E-state index in [2.05, 4.69) is 16.3 Å². The normalized spacial score (nSPS) is 22.3. The summed E-state index contributed by atoms with van der Waals surface area (Å²) in [6, 6.07) is 5.97. The molecule has 104 valence electrons. The summed E-state index contributed by atoms with van der Waals surface area (Å²) in [7, 11) is -2.99. The molecule has 2 aliphatic rings. The second kappa shape index (κ2) is 5.23. The fourth-order valence-corrected chi connectivity index (χ4v) is 4.44. The zero-order valence-electron chi connectivity index (χ0n) is 11.1. The van der Waals surface area contributed by atoms with E-state index >= 15 is 0 Å². The summed E-state index contributed by atoms with van der Waals surface area (Å²) in [5, 5.41) is 3.34. The highest BCUT2D eigenvalue weighted by Gasteiger charge is 2.26. The van der Waals surface area contributed by atoms with Gasteiger partial charge in [0.2, 0.25) is 0 Å². The molecule has 1 aromatic carbocycles. The molecule has 3 rings (SSSR count). The molecule has 0 atom stereocenters. The van der Waals surface area contributed by atoms with Gasteiger partial charge in [0.15, 0.2) is 9.84 Å². The van der Waals surface area contributed by atoms with Gasteiger partial charge in [-0.2, -0.15) is 0 Å². The standard InChI is InChI=1S/C14H20N2O2S/c17-19(18)10-4-13-2-1-12(11-14(13)19)3-7-16-8-5-15-6-9-16/h1-2,11,15H,3-10H2. The van der Waals surface area contributed by atoms with Crippen molar-refractivity contribution in [1.82, 2.24) is 10.2 Å². The molecule has 0 spiro atoms. The molecule has 0 radical (unpaired) electrons. The molecule has 4 nitrogen and oxygen atoms in total. The fraction of sp³-hybridized carbons (Fsp3) is 0.571. The summed E-state index contributed by atoms with van der Waals surface area (Å²) in [5.74, 6) is 0.281. The number of rotatable bonds is 3. The fourth-order valence-electron chi connectivity index (χ4n) is 2.83. The molecule has 19 heavy (non-hydrogen) atoms. The van der Waals surface area contributed by atoms with Gasteiger partial charge in [-0.15, -0.1) is 0 Å². The van der Waals surface area contributed by atoms with Crippen molar-refractivity contribution >= 4 is 9.84 Å². The average molecular weight is 280 g/mol. The molecule has 2 aliphatic heterocycles. The second-order valence-corrected chi connectivity index (χ2v) is 7.43. The molecule has 1 aromatic rings. The molecule has 0 unspecified atom stereocenters. The zero-order chi connectivity index (χ0) is 13.3. The molecule has 0 saturated carbocycles. The van der Waals surface area contributed by atoms with E-state index in [1.807, 2.05) is 12.1 Å². The highest BCUT2D eigenvalue weighted by Crippen LogP contribution is 2.26. The Bertz CT molecular complexity index is 563. The first-order valence-corrected chi connectivity index (χ1v) is 8.58. The van der Waals surface area contributed by atoms with Crippen LogP contribution in [0.1, 0.15) is 11.1 Å². The number of piperazine rings is 1. The van der Waals surface area contributed by atoms with E-state index in [0.717, 1.165) is 50.3 Å². The maximum absolute atomic E-state index is 11.9. The van der Waals surface area contributed by atoms with Crippen molar-refractivity contribution in [2.75, 3.05) is 38.5 Å². The number of benzene rings is 1. The Morgan fingerprint density at radius 1 is 1.21 bits per heavy atom. The van der Waals surface area contributed by atoms with Crippen LogP contribution < -0.4 is 5.32 Å². The van der Waals surface area contributed by atoms with Crippen molar-refractivity contribution in [3.05, 3.63) is 29.3 Å². The molecule has 0 aromatic heterocycles. The van der Waals surface area contributed by atoms with Crippen LogP contribution in [0.3, 0.4) is 0 Å². The van der Waals surface area contributed by atoms with E-state index in [0.29, 0.717) is 11.3 Å². The highest BCUT2D eigenvalue weighted by atomic mass is 32.2. The zero-order valence-corrected chi connectivity index (χ0v) is 11.9. The second-order valence-electron chi connectivity index (χ2n) is 5.35. The summed E-state index contributed by atoms with van der Waals surface area (Å²) in [6.45, 7) is 5.30. The lowest BCUT2D eigenvalue weighted by molar-refractivity contribution is 0.244. The van der Waals surface area contributed by atoms with Gasteiger partial charge in [0, 0.05) is 32.7 Å². The number of nitrogens with zero attached hydrogens (tertiary/aromatic N) is 1. The molecule has 1 N–H and O–H groups in total. The topological polar surface area (TPSA) is 49.4 Å². The molecule has 1 saturated heterocycles. The van der Waals surface area contributed by atoms with Gasteiger partial charge in [0.05, 0.1) is 10.6 Å². The monoisotopic (exact) mass is 280 g/mol. The van der Waals surface area contributed by atoms with Crippen molar-refractivity contribution in [2.45, 2.75) is 17.7 Å². The third-order valence-electron chi connectivity index (χ3n) is 4.03. The molecular formula is C14H20N2O2S. The van der Waals surface area contributed by atoms with E-state index in [1.165, 1.54) is 0 Å². The summed E-state index contributed by atoms with van der Waals surface area (Å²) in [5.41, 5.74) is 2.13. The Labute approximate surface area is 114 Å². The summed E-state index contributed by atoms with van der Waals surface area (Å²) >= 11 is 0. The van der Waals surface area contributed by atoms with Crippen LogP contribution in [0.2, 0.25) is 0 Å². The molecular weight excluding hydrogens is 260 g/mol. The maximum atomic E-state index is 11.9. The van der Waals surface area contributed by atoms with E-state index in [1.54, 1.807) is 0 Å². The quantitative estimate of drug-likeness (QED) is 0.874. The Kier molecular flexibility index (Phi) is 3.60. The average Bonchev–Trinajstić information content (AvgIpc) is 2.73. The van der Waals surface area contributed by atoms with Crippen LogP contribution in [0.25, 0.3) is 0 Å². The van der Waals surface area contributed by atoms with Crippen molar-refractivity contribution in [2.24, 2.45) is 0 Å². The lowest BCUT2D eigenvalue weighted by Crippen LogP contribution is -2.44. The van der Waals surface area contributed by atoms with E-state index in [4.69, 9.17) is 0 Å². The Hall–Kier alpha value is -0.910. The van der Waals surface area contributed by atoms with Gasteiger partial charge in [-0.05, 0) is 30.0 Å². The number of hydrogen-bond acceptors (Lipinski definition) is 4. The van der Waals surface area contributed by atoms with Gasteiger partial charge in [-0.3, -0.25) is 0 Å². The van der Waals surface area contributed by atoms with Crippen LogP contribution in [0.15, 0.2) is 23.1 Å². The number of fused-ring (bicyclic) bond motifs is 1. The first-order chi connectivity index (χ1) is 9.15. The van der Waals surface area contributed by atoms with Crippen molar-refractivity contribution in [3.63, 3.8) is 0 Å². The van der Waals surface area contributed by atoms with Gasteiger partial charge in [0.25, 0.3) is 0 Å². The molecule has 0 bridgehead atoms. The summed E-state index contributed by atoms with van der Waals surface area (Å²) < 4.78 is 23.8. The van der Waals surface area contributed by atoms with Gasteiger partial charge in [-0.1, -0.05) is 12.1 Å². The third-order valence-corrected chi connectivity index (χ3v) is 5.82. The Balaban J connectivity index is 1.69. The lowest BCUT2D eigenvalue weighted by atomic mass is 10.1. The van der Waals surface area contributed by atoms with Crippen LogP contribution in [0.4, 0.5) is 0 Å². The number of aryl methyl sites for hydroxylation is 1. The molecule has 5 heteroatoms. The van der Waals surface area contributed by atoms with Gasteiger partial charge < -0.3 is 10.2 Å². The minimum absolute atomic E-state index is 0.281. The molecule has 1 fully saturated rings. The van der Waals surface area contributed by atoms with E-state index < -0.39 is 9.84 Å². The van der Waals surface area contributed by atoms with Crippen LogP contribution in [0, 0.1) is 0 Å². The van der Waals surface area contributed by atoms with Gasteiger partial charge in [-0.25, -0.2) is 8.42 Å². The molecule has 0 aliphatic carbocycles. The van der Waals surface area contributed by atoms with Crippen LogP contribution in [-0.2, 0) is 22.7 Å². The minimum atomic E-state index is -2.99. The summed E-state index contributed by atoms with van der Waals surface area (Å²) in [4.78, 5) is 3.00. The van der Waals surface area contributed by atoms with Gasteiger partial charge >= 0.3 is 0 Å². The number of nitrogens with one attached hydrogen (secondary N) is 1. The first kappa shape index (κ1) is 13.1. The Morgan fingerprint density at radius 2 is 2.00 bits per heavy atom. The SMILES string of the molecule is O=S1(=O)CCc2ccc(CCN3CCNCC3)cc21. The van der Waals surface area contributed by atoms with Crippen LogP contribution in [-0.4, -0.2) is 51.8 Å². The van der Waals surface area contributed by atoms with E-state index in [9.17, 15) is 8.42 Å². The number of hydrogen-bond donors (Lipinski definition) is 1. The Morgan fingerprint density at radius 3 is 2.79 bits per heavy atom. The van der Waals surface area contributed by atoms with Gasteiger partial charge in [0.1, 0.15) is 0 Å². The van der Waals surface area contributed by atoms with Crippen LogP contribution >= 0.6 is 0 Å². The summed E-state index contributed by atoms with van der Waals surface area (Å²) in [6.07, 6.45) is 1.61. The maximum Gasteiger partial charge on any atom is 0.178 e. The molecule has 0 amide bonds. The lowest BCUT2D eigenvalue weighted by Gasteiger charge is -2.27. The van der Waals surface area contributed by atoms with Crippen LogP contribution in [0.5, 0.6) is 0 Å².